The first-order valence-electron chi connectivity index (χ1n) is 17.1. The standard InChI is InChI=1S/C48H28O2/c1-2-14-29(15-3-1)47-46(39-26-27-42-45(48(39)50-47)38-24-12-13-25-41(38)49-42)44-36-22-10-8-20-34(36)43(35-21-9-11-23-37(35)44)40-28-30-16-4-5-17-31(30)32-18-6-7-19-33(32)40/h1-28H. The minimum absolute atomic E-state index is 0.826. The largest absolute Gasteiger partial charge is 0.456 e. The zero-order valence-electron chi connectivity index (χ0n) is 27.0. The summed E-state index contributed by atoms with van der Waals surface area (Å²) in [6.07, 6.45) is 0. The Hall–Kier alpha value is -6.64. The molecule has 0 aliphatic heterocycles. The molecule has 9 aromatic carbocycles. The van der Waals surface area contributed by atoms with Gasteiger partial charge < -0.3 is 8.83 Å². The van der Waals surface area contributed by atoms with Crippen molar-refractivity contribution in [2.45, 2.75) is 0 Å². The lowest BCUT2D eigenvalue weighted by atomic mass is 9.83. The molecule has 0 amide bonds. The third kappa shape index (κ3) is 3.79. The van der Waals surface area contributed by atoms with Gasteiger partial charge in [-0.05, 0) is 78.5 Å². The van der Waals surface area contributed by atoms with Crippen LogP contribution in [0, 0.1) is 0 Å². The molecule has 11 aromatic rings. The monoisotopic (exact) mass is 636 g/mol. The van der Waals surface area contributed by atoms with Crippen LogP contribution in [-0.2, 0) is 0 Å². The Kier molecular flexibility index (Phi) is 5.70. The van der Waals surface area contributed by atoms with Gasteiger partial charge in [-0.15, -0.1) is 0 Å². The van der Waals surface area contributed by atoms with Crippen LogP contribution >= 0.6 is 0 Å². The van der Waals surface area contributed by atoms with Gasteiger partial charge in [-0.2, -0.15) is 0 Å². The first-order valence-corrected chi connectivity index (χ1v) is 17.1. The van der Waals surface area contributed by atoms with Crippen molar-refractivity contribution in [1.82, 2.24) is 0 Å². The zero-order chi connectivity index (χ0) is 32.8. The molecule has 0 fully saturated rings. The molecule has 0 aliphatic rings. The van der Waals surface area contributed by atoms with Gasteiger partial charge in [-0.3, -0.25) is 0 Å². The third-order valence-electron chi connectivity index (χ3n) is 10.5. The van der Waals surface area contributed by atoms with Crippen LogP contribution < -0.4 is 0 Å². The second-order valence-corrected chi connectivity index (χ2v) is 13.1. The summed E-state index contributed by atoms with van der Waals surface area (Å²) in [4.78, 5) is 0. The molecule has 2 heterocycles. The lowest BCUT2D eigenvalue weighted by molar-refractivity contribution is 0.634. The van der Waals surface area contributed by atoms with Gasteiger partial charge in [0.15, 0.2) is 0 Å². The van der Waals surface area contributed by atoms with Crippen molar-refractivity contribution in [2.75, 3.05) is 0 Å². The molecule has 0 bridgehead atoms. The molecule has 11 rings (SSSR count). The minimum Gasteiger partial charge on any atom is -0.456 e. The van der Waals surface area contributed by atoms with Gasteiger partial charge in [0.1, 0.15) is 22.5 Å². The summed E-state index contributed by atoms with van der Waals surface area (Å²) in [5, 5.41) is 13.0. The highest BCUT2D eigenvalue weighted by atomic mass is 16.3. The van der Waals surface area contributed by atoms with Crippen LogP contribution in [0.3, 0.4) is 0 Å². The van der Waals surface area contributed by atoms with Crippen molar-refractivity contribution < 1.29 is 8.83 Å². The summed E-state index contributed by atoms with van der Waals surface area (Å²) >= 11 is 0. The lowest BCUT2D eigenvalue weighted by Gasteiger charge is -2.19. The summed E-state index contributed by atoms with van der Waals surface area (Å²) in [5.74, 6) is 0.859. The molecular formula is C48H28O2. The first-order chi connectivity index (χ1) is 24.8. The van der Waals surface area contributed by atoms with Crippen LogP contribution in [0.15, 0.2) is 179 Å². The number of furan rings is 2. The van der Waals surface area contributed by atoms with E-state index >= 15 is 0 Å². The van der Waals surface area contributed by atoms with Gasteiger partial charge in [0.2, 0.25) is 0 Å². The topological polar surface area (TPSA) is 26.3 Å². The van der Waals surface area contributed by atoms with Crippen molar-refractivity contribution >= 4 is 76.0 Å². The van der Waals surface area contributed by atoms with Gasteiger partial charge in [-0.1, -0.05) is 146 Å². The van der Waals surface area contributed by atoms with Crippen LogP contribution in [-0.4, -0.2) is 0 Å². The molecule has 0 N–H and O–H groups in total. The summed E-state index contributed by atoms with van der Waals surface area (Å²) < 4.78 is 13.4. The Labute approximate surface area is 287 Å². The molecular weight excluding hydrogens is 609 g/mol. The predicted octanol–water partition coefficient (Wildman–Crippen LogP) is 13.9. The van der Waals surface area contributed by atoms with E-state index in [1.54, 1.807) is 0 Å². The SMILES string of the molecule is c1ccc(-c2oc3c(ccc4oc5ccccc5c43)c2-c2c3ccccc3c(-c3cc4ccccc4c4ccccc34)c3ccccc23)cc1. The maximum Gasteiger partial charge on any atom is 0.147 e. The second kappa shape index (κ2) is 10.4. The molecule has 232 valence electrons. The van der Waals surface area contributed by atoms with Gasteiger partial charge in [0.05, 0.1) is 5.39 Å². The first kappa shape index (κ1) is 27.3. The number of para-hydroxylation sites is 1. The average Bonchev–Trinajstić information content (AvgIpc) is 3.76. The lowest BCUT2D eigenvalue weighted by Crippen LogP contribution is -1.93. The van der Waals surface area contributed by atoms with E-state index in [-0.39, 0.29) is 0 Å². The highest BCUT2D eigenvalue weighted by Crippen LogP contribution is 2.52. The molecule has 0 unspecified atom stereocenters. The normalized spacial score (nSPS) is 12.0. The maximum atomic E-state index is 7.08. The summed E-state index contributed by atoms with van der Waals surface area (Å²) in [5.41, 5.74) is 8.33. The van der Waals surface area contributed by atoms with E-state index in [1.807, 2.05) is 12.1 Å². The molecule has 2 nitrogen and oxygen atoms in total. The Morgan fingerprint density at radius 1 is 0.320 bits per heavy atom. The highest BCUT2D eigenvalue weighted by molar-refractivity contribution is 6.29. The zero-order valence-corrected chi connectivity index (χ0v) is 27.0. The molecule has 2 aromatic heterocycles. The van der Waals surface area contributed by atoms with Crippen LogP contribution in [0.5, 0.6) is 0 Å². The Balaban J connectivity index is 1.33. The van der Waals surface area contributed by atoms with Gasteiger partial charge in [0, 0.05) is 27.5 Å². The van der Waals surface area contributed by atoms with Gasteiger partial charge >= 0.3 is 0 Å². The van der Waals surface area contributed by atoms with E-state index in [1.165, 1.54) is 59.8 Å². The van der Waals surface area contributed by atoms with Gasteiger partial charge in [0.25, 0.3) is 0 Å². The van der Waals surface area contributed by atoms with Crippen molar-refractivity contribution in [3.05, 3.63) is 170 Å². The van der Waals surface area contributed by atoms with E-state index in [2.05, 4.69) is 158 Å². The fraction of sp³-hybridized carbons (Fsp3) is 0. The summed E-state index contributed by atoms with van der Waals surface area (Å²) in [7, 11) is 0. The minimum atomic E-state index is 0.826. The fourth-order valence-corrected chi connectivity index (χ4v) is 8.35. The van der Waals surface area contributed by atoms with Gasteiger partial charge in [-0.25, -0.2) is 0 Å². The van der Waals surface area contributed by atoms with Crippen LogP contribution in [0.2, 0.25) is 0 Å². The van der Waals surface area contributed by atoms with Crippen molar-refractivity contribution in [3.63, 3.8) is 0 Å². The number of fused-ring (bicyclic) bond motifs is 10. The van der Waals surface area contributed by atoms with E-state index in [9.17, 15) is 0 Å². The van der Waals surface area contributed by atoms with Crippen molar-refractivity contribution in [1.29, 1.82) is 0 Å². The number of benzene rings is 9. The Bertz CT molecular complexity index is 3080. The highest BCUT2D eigenvalue weighted by Gasteiger charge is 2.26. The fourth-order valence-electron chi connectivity index (χ4n) is 8.35. The number of hydrogen-bond donors (Lipinski definition) is 0. The average molecular weight is 637 g/mol. The van der Waals surface area contributed by atoms with Crippen LogP contribution in [0.1, 0.15) is 0 Å². The molecule has 2 heteroatoms. The van der Waals surface area contributed by atoms with E-state index in [4.69, 9.17) is 8.83 Å². The third-order valence-corrected chi connectivity index (χ3v) is 10.5. The Morgan fingerprint density at radius 3 is 1.60 bits per heavy atom. The predicted molar refractivity (Wildman–Crippen MR) is 210 cm³/mol. The van der Waals surface area contributed by atoms with Crippen molar-refractivity contribution in [3.8, 4) is 33.6 Å². The molecule has 0 saturated carbocycles. The molecule has 0 radical (unpaired) electrons. The van der Waals surface area contributed by atoms with E-state index < -0.39 is 0 Å². The van der Waals surface area contributed by atoms with Crippen LogP contribution in [0.4, 0.5) is 0 Å². The van der Waals surface area contributed by atoms with E-state index in [0.29, 0.717) is 0 Å². The smallest absolute Gasteiger partial charge is 0.147 e. The van der Waals surface area contributed by atoms with E-state index in [0.717, 1.165) is 49.8 Å². The summed E-state index contributed by atoms with van der Waals surface area (Å²) in [6.45, 7) is 0. The summed E-state index contributed by atoms with van der Waals surface area (Å²) in [6, 6.07) is 60.8. The quantitative estimate of drug-likeness (QED) is 0.142. The Morgan fingerprint density at radius 2 is 0.880 bits per heavy atom. The maximum absolute atomic E-state index is 7.08. The number of hydrogen-bond acceptors (Lipinski definition) is 2. The molecule has 0 atom stereocenters. The molecule has 0 saturated heterocycles. The van der Waals surface area contributed by atoms with Crippen molar-refractivity contribution in [2.24, 2.45) is 0 Å². The second-order valence-electron chi connectivity index (χ2n) is 13.1. The van der Waals surface area contributed by atoms with Crippen LogP contribution in [0.25, 0.3) is 110 Å². The number of rotatable bonds is 3. The molecule has 0 spiro atoms. The molecule has 50 heavy (non-hydrogen) atoms. The molecule has 0 aliphatic carbocycles.